The number of aromatic nitrogens is 1. The highest BCUT2D eigenvalue weighted by atomic mass is 16.6. The molecule has 0 aliphatic rings. The van der Waals surface area contributed by atoms with Crippen LogP contribution < -0.4 is 15.4 Å². The van der Waals surface area contributed by atoms with Crippen molar-refractivity contribution in [1.82, 2.24) is 15.6 Å². The molecule has 0 aliphatic carbocycles. The predicted octanol–water partition coefficient (Wildman–Crippen LogP) is 3.02. The molecular weight excluding hydrogens is 358 g/mol. The highest BCUT2D eigenvalue weighted by Crippen LogP contribution is 2.23. The Morgan fingerprint density at radius 2 is 1.89 bits per heavy atom. The molecular formula is C21H23N3O4. The number of rotatable bonds is 7. The van der Waals surface area contributed by atoms with Gasteiger partial charge in [0.15, 0.2) is 0 Å². The fraction of sp³-hybridized carbons (Fsp3) is 0.238. The van der Waals surface area contributed by atoms with Gasteiger partial charge in [-0.2, -0.15) is 0 Å². The number of aliphatic hydroxyl groups excluding tert-OH is 1. The van der Waals surface area contributed by atoms with Crippen LogP contribution >= 0.6 is 0 Å². The van der Waals surface area contributed by atoms with Crippen LogP contribution in [0.2, 0.25) is 0 Å². The molecule has 3 aromatic rings. The second-order valence-corrected chi connectivity index (χ2v) is 6.24. The van der Waals surface area contributed by atoms with Crippen LogP contribution in [0.15, 0.2) is 59.0 Å². The van der Waals surface area contributed by atoms with Crippen molar-refractivity contribution < 1.29 is 19.1 Å². The van der Waals surface area contributed by atoms with Gasteiger partial charge in [0.25, 0.3) is 0 Å². The standard InChI is InChI=1S/C21H23N3O4/c1-14-18(24-20(27-14)16-6-4-3-5-7-16)12-19(25)28-17-10-8-15(9-11-17)13-23-21(26)22-2/h3-11,19,25H,12-13H2,1-2H3,(H2,22,23,26). The van der Waals surface area contributed by atoms with E-state index in [2.05, 4.69) is 15.6 Å². The Kier molecular flexibility index (Phi) is 6.29. The van der Waals surface area contributed by atoms with E-state index in [1.165, 1.54) is 0 Å². The Balaban J connectivity index is 1.58. The van der Waals surface area contributed by atoms with Gasteiger partial charge in [-0.1, -0.05) is 30.3 Å². The first-order chi connectivity index (χ1) is 13.5. The van der Waals surface area contributed by atoms with Crippen LogP contribution in [-0.4, -0.2) is 29.5 Å². The van der Waals surface area contributed by atoms with Gasteiger partial charge in [-0.15, -0.1) is 0 Å². The van der Waals surface area contributed by atoms with Gasteiger partial charge in [-0.3, -0.25) is 0 Å². The zero-order valence-corrected chi connectivity index (χ0v) is 15.8. The fourth-order valence-electron chi connectivity index (χ4n) is 2.64. The largest absolute Gasteiger partial charge is 0.465 e. The number of aryl methyl sites for hydroxylation is 1. The lowest BCUT2D eigenvalue weighted by Crippen LogP contribution is -2.32. The molecule has 0 radical (unpaired) electrons. The first-order valence-corrected chi connectivity index (χ1v) is 8.96. The number of urea groups is 1. The normalized spacial score (nSPS) is 11.7. The minimum atomic E-state index is -1.05. The molecule has 0 fully saturated rings. The fourth-order valence-corrected chi connectivity index (χ4v) is 2.64. The SMILES string of the molecule is CNC(=O)NCc1ccc(OC(O)Cc2nc(-c3ccccc3)oc2C)cc1. The average molecular weight is 381 g/mol. The van der Waals surface area contributed by atoms with Gasteiger partial charge in [0.1, 0.15) is 11.5 Å². The molecule has 1 aromatic heterocycles. The quantitative estimate of drug-likeness (QED) is 0.547. The van der Waals surface area contributed by atoms with Gasteiger partial charge in [0.2, 0.25) is 12.2 Å². The molecule has 0 saturated carbocycles. The van der Waals surface area contributed by atoms with Gasteiger partial charge in [-0.05, 0) is 36.8 Å². The van der Waals surface area contributed by atoms with E-state index in [-0.39, 0.29) is 12.5 Å². The highest BCUT2D eigenvalue weighted by molar-refractivity contribution is 5.73. The Hall–Kier alpha value is -3.32. The maximum absolute atomic E-state index is 11.2. The molecule has 1 atom stereocenters. The zero-order valence-electron chi connectivity index (χ0n) is 15.8. The van der Waals surface area contributed by atoms with Crippen LogP contribution in [-0.2, 0) is 13.0 Å². The Morgan fingerprint density at radius 3 is 2.57 bits per heavy atom. The maximum Gasteiger partial charge on any atom is 0.314 e. The summed E-state index contributed by atoms with van der Waals surface area (Å²) in [4.78, 5) is 15.7. The third kappa shape index (κ3) is 5.11. The average Bonchev–Trinajstić information content (AvgIpc) is 3.08. The van der Waals surface area contributed by atoms with Crippen molar-refractivity contribution in [3.8, 4) is 17.2 Å². The summed E-state index contributed by atoms with van der Waals surface area (Å²) in [7, 11) is 1.56. The second-order valence-electron chi connectivity index (χ2n) is 6.24. The summed E-state index contributed by atoms with van der Waals surface area (Å²) in [5.41, 5.74) is 2.45. The summed E-state index contributed by atoms with van der Waals surface area (Å²) >= 11 is 0. The van der Waals surface area contributed by atoms with Crippen molar-refractivity contribution in [3.63, 3.8) is 0 Å². The molecule has 0 saturated heterocycles. The van der Waals surface area contributed by atoms with Crippen molar-refractivity contribution >= 4 is 6.03 Å². The summed E-state index contributed by atoms with van der Waals surface area (Å²) in [6, 6.07) is 16.5. The van der Waals surface area contributed by atoms with Gasteiger partial charge in [-0.25, -0.2) is 9.78 Å². The van der Waals surface area contributed by atoms with Crippen LogP contribution in [0.4, 0.5) is 4.79 Å². The Bertz CT molecular complexity index is 907. The van der Waals surface area contributed by atoms with Crippen molar-refractivity contribution in [2.24, 2.45) is 0 Å². The molecule has 0 bridgehead atoms. The molecule has 146 valence electrons. The summed E-state index contributed by atoms with van der Waals surface area (Å²) in [6.07, 6.45) is -0.843. The van der Waals surface area contributed by atoms with E-state index in [0.29, 0.717) is 29.6 Å². The number of hydrogen-bond donors (Lipinski definition) is 3. The van der Waals surface area contributed by atoms with Gasteiger partial charge >= 0.3 is 6.03 Å². The molecule has 1 unspecified atom stereocenters. The van der Waals surface area contributed by atoms with Crippen molar-refractivity contribution in [2.75, 3.05) is 7.05 Å². The van der Waals surface area contributed by atoms with E-state index in [4.69, 9.17) is 9.15 Å². The van der Waals surface area contributed by atoms with E-state index in [0.717, 1.165) is 11.1 Å². The summed E-state index contributed by atoms with van der Waals surface area (Å²) in [6.45, 7) is 2.22. The minimum absolute atomic E-state index is 0.210. The first kappa shape index (κ1) is 19.4. The van der Waals surface area contributed by atoms with Crippen LogP contribution in [0, 0.1) is 6.92 Å². The summed E-state index contributed by atoms with van der Waals surface area (Å²) in [5, 5.41) is 15.5. The number of oxazole rings is 1. The molecule has 3 rings (SSSR count). The third-order valence-corrected chi connectivity index (χ3v) is 4.16. The number of carbonyl (C=O) groups excluding carboxylic acids is 1. The number of amides is 2. The van der Waals surface area contributed by atoms with Crippen LogP contribution in [0.1, 0.15) is 17.0 Å². The first-order valence-electron chi connectivity index (χ1n) is 8.96. The second kappa shape index (κ2) is 9.05. The molecule has 7 nitrogen and oxygen atoms in total. The summed E-state index contributed by atoms with van der Waals surface area (Å²) in [5.74, 6) is 1.70. The van der Waals surface area contributed by atoms with E-state index in [1.807, 2.05) is 49.4 Å². The number of nitrogens with zero attached hydrogens (tertiary/aromatic N) is 1. The van der Waals surface area contributed by atoms with E-state index in [1.54, 1.807) is 19.2 Å². The maximum atomic E-state index is 11.2. The topological polar surface area (TPSA) is 96.6 Å². The van der Waals surface area contributed by atoms with Crippen molar-refractivity contribution in [1.29, 1.82) is 0 Å². The molecule has 0 aliphatic heterocycles. The van der Waals surface area contributed by atoms with Gasteiger partial charge in [0.05, 0.1) is 12.1 Å². The molecule has 0 spiro atoms. The molecule has 1 heterocycles. The Morgan fingerprint density at radius 1 is 1.18 bits per heavy atom. The number of ether oxygens (including phenoxy) is 1. The van der Waals surface area contributed by atoms with Gasteiger partial charge in [0, 0.05) is 19.2 Å². The van der Waals surface area contributed by atoms with Crippen LogP contribution in [0.25, 0.3) is 11.5 Å². The number of nitrogens with one attached hydrogen (secondary N) is 2. The van der Waals surface area contributed by atoms with Crippen LogP contribution in [0.5, 0.6) is 5.75 Å². The lowest BCUT2D eigenvalue weighted by molar-refractivity contribution is -0.0167. The van der Waals surface area contributed by atoms with Crippen LogP contribution in [0.3, 0.4) is 0 Å². The Labute approximate surface area is 163 Å². The van der Waals surface area contributed by atoms with E-state index in [9.17, 15) is 9.90 Å². The molecule has 7 heteroatoms. The highest BCUT2D eigenvalue weighted by Gasteiger charge is 2.16. The van der Waals surface area contributed by atoms with Crippen molar-refractivity contribution in [2.45, 2.75) is 26.2 Å². The number of hydrogen-bond acceptors (Lipinski definition) is 5. The lowest BCUT2D eigenvalue weighted by atomic mass is 10.2. The lowest BCUT2D eigenvalue weighted by Gasteiger charge is -2.13. The number of carbonyl (C=O) groups is 1. The molecule has 2 amide bonds. The summed E-state index contributed by atoms with van der Waals surface area (Å²) < 4.78 is 11.3. The smallest absolute Gasteiger partial charge is 0.314 e. The minimum Gasteiger partial charge on any atom is -0.465 e. The molecule has 2 aromatic carbocycles. The third-order valence-electron chi connectivity index (χ3n) is 4.16. The van der Waals surface area contributed by atoms with Gasteiger partial charge < -0.3 is 24.9 Å². The number of benzene rings is 2. The molecule has 28 heavy (non-hydrogen) atoms. The van der Waals surface area contributed by atoms with Crippen molar-refractivity contribution in [3.05, 3.63) is 71.6 Å². The predicted molar refractivity (Wildman–Crippen MR) is 105 cm³/mol. The zero-order chi connectivity index (χ0) is 19.9. The van der Waals surface area contributed by atoms with E-state index < -0.39 is 6.29 Å². The van der Waals surface area contributed by atoms with E-state index >= 15 is 0 Å². The number of aliphatic hydroxyl groups is 1. The molecule has 3 N–H and O–H groups in total. The monoisotopic (exact) mass is 381 g/mol.